The quantitative estimate of drug-likeness (QED) is 0.628. The Hall–Kier alpha value is -2.93. The third-order valence-electron chi connectivity index (χ3n) is 4.11. The molecule has 1 saturated heterocycles. The number of hydrogen-bond donors (Lipinski definition) is 2. The van der Waals surface area contributed by atoms with Crippen LogP contribution in [0, 0.1) is 6.92 Å². The molecule has 2 heterocycles. The summed E-state index contributed by atoms with van der Waals surface area (Å²) in [6.07, 6.45) is 2.41. The van der Waals surface area contributed by atoms with Crippen LogP contribution in [-0.4, -0.2) is 29.3 Å². The van der Waals surface area contributed by atoms with E-state index in [9.17, 15) is 14.4 Å². The van der Waals surface area contributed by atoms with Gasteiger partial charge in [-0.05, 0) is 48.1 Å². The van der Waals surface area contributed by atoms with E-state index in [1.165, 1.54) is 11.3 Å². The van der Waals surface area contributed by atoms with Crippen molar-refractivity contribution in [2.45, 2.75) is 20.3 Å². The SMILES string of the molecule is CCc1ccccc1NC(=O)CN1C(=O)NC(=Cc2sccc2C)C1=O. The lowest BCUT2D eigenvalue weighted by atomic mass is 10.1. The van der Waals surface area contributed by atoms with E-state index in [0.29, 0.717) is 5.69 Å². The van der Waals surface area contributed by atoms with Crippen molar-refractivity contribution in [1.82, 2.24) is 10.2 Å². The van der Waals surface area contributed by atoms with Crippen molar-refractivity contribution in [2.75, 3.05) is 11.9 Å². The van der Waals surface area contributed by atoms with Gasteiger partial charge in [-0.25, -0.2) is 9.69 Å². The summed E-state index contributed by atoms with van der Waals surface area (Å²) in [5.41, 5.74) is 2.89. The zero-order chi connectivity index (χ0) is 18.7. The second-order valence-corrected chi connectivity index (χ2v) is 6.85. The summed E-state index contributed by atoms with van der Waals surface area (Å²) < 4.78 is 0. The van der Waals surface area contributed by atoms with E-state index in [1.54, 1.807) is 12.1 Å². The minimum atomic E-state index is -0.589. The van der Waals surface area contributed by atoms with Gasteiger partial charge in [0.2, 0.25) is 5.91 Å². The molecule has 7 heteroatoms. The molecule has 1 aliphatic heterocycles. The summed E-state index contributed by atoms with van der Waals surface area (Å²) in [4.78, 5) is 38.7. The van der Waals surface area contributed by atoms with Crippen LogP contribution in [-0.2, 0) is 16.0 Å². The van der Waals surface area contributed by atoms with E-state index in [0.717, 1.165) is 27.3 Å². The number of thiophene rings is 1. The highest BCUT2D eigenvalue weighted by molar-refractivity contribution is 7.11. The molecule has 0 spiro atoms. The van der Waals surface area contributed by atoms with E-state index >= 15 is 0 Å². The molecular weight excluding hydrogens is 350 g/mol. The van der Waals surface area contributed by atoms with E-state index in [-0.39, 0.29) is 12.2 Å². The van der Waals surface area contributed by atoms with Gasteiger partial charge in [-0.15, -0.1) is 11.3 Å². The lowest BCUT2D eigenvalue weighted by Crippen LogP contribution is -2.38. The highest BCUT2D eigenvalue weighted by atomic mass is 32.1. The van der Waals surface area contributed by atoms with Crippen LogP contribution in [0.1, 0.15) is 22.9 Å². The van der Waals surface area contributed by atoms with Gasteiger partial charge in [0, 0.05) is 10.6 Å². The number of para-hydroxylation sites is 1. The molecule has 4 amide bonds. The van der Waals surface area contributed by atoms with Crippen molar-refractivity contribution in [3.05, 3.63) is 57.4 Å². The van der Waals surface area contributed by atoms with E-state index in [1.807, 2.05) is 43.5 Å². The van der Waals surface area contributed by atoms with Gasteiger partial charge in [0.05, 0.1) is 0 Å². The number of rotatable bonds is 5. The van der Waals surface area contributed by atoms with Crippen molar-refractivity contribution in [2.24, 2.45) is 0 Å². The third kappa shape index (κ3) is 3.67. The molecule has 0 bridgehead atoms. The molecule has 0 radical (unpaired) electrons. The Balaban J connectivity index is 1.71. The fourth-order valence-electron chi connectivity index (χ4n) is 2.66. The highest BCUT2D eigenvalue weighted by Crippen LogP contribution is 2.21. The van der Waals surface area contributed by atoms with E-state index in [4.69, 9.17) is 0 Å². The second-order valence-electron chi connectivity index (χ2n) is 5.91. The number of amides is 4. The summed E-state index contributed by atoms with van der Waals surface area (Å²) >= 11 is 1.48. The molecule has 26 heavy (non-hydrogen) atoms. The molecule has 0 unspecified atom stereocenters. The maximum absolute atomic E-state index is 12.5. The third-order valence-corrected chi connectivity index (χ3v) is 5.08. The van der Waals surface area contributed by atoms with Gasteiger partial charge in [-0.1, -0.05) is 25.1 Å². The van der Waals surface area contributed by atoms with Crippen molar-refractivity contribution in [1.29, 1.82) is 0 Å². The van der Waals surface area contributed by atoms with Gasteiger partial charge >= 0.3 is 6.03 Å². The number of nitrogens with one attached hydrogen (secondary N) is 2. The fraction of sp³-hybridized carbons (Fsp3) is 0.211. The van der Waals surface area contributed by atoms with Crippen LogP contribution < -0.4 is 10.6 Å². The highest BCUT2D eigenvalue weighted by Gasteiger charge is 2.35. The number of anilines is 1. The van der Waals surface area contributed by atoms with Crippen molar-refractivity contribution in [3.8, 4) is 0 Å². The van der Waals surface area contributed by atoms with Gasteiger partial charge in [0.1, 0.15) is 12.2 Å². The fourth-order valence-corrected chi connectivity index (χ4v) is 3.52. The largest absolute Gasteiger partial charge is 0.329 e. The second kappa shape index (κ2) is 7.53. The molecule has 0 saturated carbocycles. The van der Waals surface area contributed by atoms with Crippen LogP contribution in [0.25, 0.3) is 6.08 Å². The normalized spacial score (nSPS) is 15.5. The Labute approximate surface area is 155 Å². The van der Waals surface area contributed by atoms with Gasteiger partial charge in [0.15, 0.2) is 0 Å². The summed E-state index contributed by atoms with van der Waals surface area (Å²) in [5, 5.41) is 7.22. The van der Waals surface area contributed by atoms with Crippen molar-refractivity contribution < 1.29 is 14.4 Å². The molecule has 6 nitrogen and oxygen atoms in total. The molecule has 1 fully saturated rings. The Morgan fingerprint density at radius 1 is 1.27 bits per heavy atom. The topological polar surface area (TPSA) is 78.5 Å². The molecule has 3 rings (SSSR count). The van der Waals surface area contributed by atoms with E-state index in [2.05, 4.69) is 10.6 Å². The molecule has 2 aromatic rings. The number of urea groups is 1. The number of nitrogens with zero attached hydrogens (tertiary/aromatic N) is 1. The Kier molecular flexibility index (Phi) is 5.18. The monoisotopic (exact) mass is 369 g/mol. The number of benzene rings is 1. The summed E-state index contributed by atoms with van der Waals surface area (Å²) in [7, 11) is 0. The number of imide groups is 1. The molecule has 1 aliphatic rings. The number of carbonyl (C=O) groups excluding carboxylic acids is 3. The average molecular weight is 369 g/mol. The Morgan fingerprint density at radius 2 is 2.04 bits per heavy atom. The van der Waals surface area contributed by atoms with Crippen LogP contribution in [0.3, 0.4) is 0 Å². The predicted molar refractivity (Wildman–Crippen MR) is 102 cm³/mol. The van der Waals surface area contributed by atoms with Crippen LogP contribution in [0.2, 0.25) is 0 Å². The Bertz CT molecular complexity index is 901. The maximum atomic E-state index is 12.5. The smallest absolute Gasteiger partial charge is 0.324 e. The first-order valence-electron chi connectivity index (χ1n) is 8.26. The standard InChI is InChI=1S/C19H19N3O3S/c1-3-13-6-4-5-7-14(13)20-17(23)11-22-18(24)15(21-19(22)25)10-16-12(2)8-9-26-16/h4-10H,3,11H2,1-2H3,(H,20,23)(H,21,25). The Morgan fingerprint density at radius 3 is 2.73 bits per heavy atom. The summed E-state index contributed by atoms with van der Waals surface area (Å²) in [6.45, 7) is 3.59. The summed E-state index contributed by atoms with van der Waals surface area (Å²) in [6, 6.07) is 8.80. The van der Waals surface area contributed by atoms with E-state index < -0.39 is 17.8 Å². The lowest BCUT2D eigenvalue weighted by Gasteiger charge is -2.13. The molecule has 2 N–H and O–H groups in total. The predicted octanol–water partition coefficient (Wildman–Crippen LogP) is 3.15. The zero-order valence-corrected chi connectivity index (χ0v) is 15.4. The first kappa shape index (κ1) is 17.9. The molecule has 1 aromatic carbocycles. The molecule has 134 valence electrons. The van der Waals surface area contributed by atoms with Crippen molar-refractivity contribution >= 4 is 40.9 Å². The van der Waals surface area contributed by atoms with Crippen LogP contribution >= 0.6 is 11.3 Å². The van der Waals surface area contributed by atoms with Gasteiger partial charge in [-0.2, -0.15) is 0 Å². The van der Waals surface area contributed by atoms with Gasteiger partial charge in [-0.3, -0.25) is 9.59 Å². The first-order valence-corrected chi connectivity index (χ1v) is 9.14. The van der Waals surface area contributed by atoms with Crippen molar-refractivity contribution in [3.63, 3.8) is 0 Å². The lowest BCUT2D eigenvalue weighted by molar-refractivity contribution is -0.127. The average Bonchev–Trinajstić information content (AvgIpc) is 3.14. The molecule has 0 aliphatic carbocycles. The molecule has 0 atom stereocenters. The summed E-state index contributed by atoms with van der Waals surface area (Å²) in [5.74, 6) is -0.912. The zero-order valence-electron chi connectivity index (χ0n) is 14.5. The van der Waals surface area contributed by atoms with Crippen LogP contribution in [0.4, 0.5) is 10.5 Å². The maximum Gasteiger partial charge on any atom is 0.329 e. The minimum absolute atomic E-state index is 0.183. The number of aryl methyl sites for hydroxylation is 2. The first-order chi connectivity index (χ1) is 12.5. The number of hydrogen-bond acceptors (Lipinski definition) is 4. The minimum Gasteiger partial charge on any atom is -0.324 e. The number of carbonyl (C=O) groups is 3. The van der Waals surface area contributed by atoms with Gasteiger partial charge in [0.25, 0.3) is 5.91 Å². The molecular formula is C19H19N3O3S. The van der Waals surface area contributed by atoms with Gasteiger partial charge < -0.3 is 10.6 Å². The van der Waals surface area contributed by atoms with Crippen LogP contribution in [0.5, 0.6) is 0 Å². The van der Waals surface area contributed by atoms with Crippen LogP contribution in [0.15, 0.2) is 41.4 Å². The molecule has 1 aromatic heterocycles.